The maximum Gasteiger partial charge on any atom is 0.224 e. The fraction of sp³-hybridized carbons (Fsp3) is 0.364. The smallest absolute Gasteiger partial charge is 0.224 e. The van der Waals surface area contributed by atoms with Crippen molar-refractivity contribution in [3.63, 3.8) is 0 Å². The van der Waals surface area contributed by atoms with Crippen LogP contribution >= 0.6 is 0 Å². The molecule has 1 N–H and O–H groups in total. The van der Waals surface area contributed by atoms with Gasteiger partial charge in [0.15, 0.2) is 0 Å². The first kappa shape index (κ1) is 18.5. The quantitative estimate of drug-likeness (QED) is 0.738. The first-order valence-corrected chi connectivity index (χ1v) is 9.62. The van der Waals surface area contributed by atoms with Crippen LogP contribution in [0.4, 0.5) is 5.82 Å². The molecule has 1 amide bonds. The number of anilines is 1. The van der Waals surface area contributed by atoms with Crippen LogP contribution in [0.2, 0.25) is 0 Å². The predicted octanol–water partition coefficient (Wildman–Crippen LogP) is 3.14. The molecular formula is C22H25N3O3. The van der Waals surface area contributed by atoms with E-state index in [1.807, 2.05) is 25.1 Å². The van der Waals surface area contributed by atoms with E-state index >= 15 is 0 Å². The highest BCUT2D eigenvalue weighted by Crippen LogP contribution is 2.26. The molecule has 28 heavy (non-hydrogen) atoms. The van der Waals surface area contributed by atoms with Gasteiger partial charge in [0.05, 0.1) is 25.9 Å². The standard InChI is InChI=1S/C22H25N3O3/c1-15-10-16(2)21-18(14-28-19(21)11-15)12-20(26)24-13-17-4-3-5-23-22(17)25-6-8-27-9-7-25/h3-5,10-11,14H,6-9,12-13H2,1-2H3,(H,24,26). The molecule has 1 fully saturated rings. The van der Waals surface area contributed by atoms with Gasteiger partial charge in [-0.3, -0.25) is 4.79 Å². The minimum atomic E-state index is -0.0283. The molecule has 0 atom stereocenters. The van der Waals surface area contributed by atoms with Gasteiger partial charge in [-0.1, -0.05) is 12.1 Å². The molecule has 0 aliphatic carbocycles. The summed E-state index contributed by atoms with van der Waals surface area (Å²) in [4.78, 5) is 19.3. The van der Waals surface area contributed by atoms with Crippen LogP contribution in [0, 0.1) is 13.8 Å². The van der Waals surface area contributed by atoms with Crippen molar-refractivity contribution in [3.8, 4) is 0 Å². The zero-order valence-electron chi connectivity index (χ0n) is 16.3. The van der Waals surface area contributed by atoms with Gasteiger partial charge in [-0.15, -0.1) is 0 Å². The molecule has 3 heterocycles. The van der Waals surface area contributed by atoms with E-state index in [1.54, 1.807) is 12.5 Å². The minimum Gasteiger partial charge on any atom is -0.464 e. The van der Waals surface area contributed by atoms with E-state index in [1.165, 1.54) is 0 Å². The highest BCUT2D eigenvalue weighted by molar-refractivity contribution is 5.90. The second kappa shape index (κ2) is 8.02. The van der Waals surface area contributed by atoms with Crippen molar-refractivity contribution in [1.82, 2.24) is 10.3 Å². The number of carbonyl (C=O) groups is 1. The number of amides is 1. The van der Waals surface area contributed by atoms with Crippen molar-refractivity contribution >= 4 is 22.7 Å². The number of carbonyl (C=O) groups excluding carboxylic acids is 1. The Kier molecular flexibility index (Phi) is 5.30. The van der Waals surface area contributed by atoms with Crippen molar-refractivity contribution in [3.05, 3.63) is 59.0 Å². The van der Waals surface area contributed by atoms with Gasteiger partial charge in [-0.05, 0) is 37.1 Å². The topological polar surface area (TPSA) is 67.6 Å². The largest absolute Gasteiger partial charge is 0.464 e. The van der Waals surface area contributed by atoms with Gasteiger partial charge in [0.2, 0.25) is 5.91 Å². The fourth-order valence-electron chi connectivity index (χ4n) is 3.81. The summed E-state index contributed by atoms with van der Waals surface area (Å²) in [6, 6.07) is 8.04. The van der Waals surface area contributed by atoms with Crippen LogP contribution in [-0.2, 0) is 22.5 Å². The van der Waals surface area contributed by atoms with Gasteiger partial charge < -0.3 is 19.4 Å². The number of rotatable bonds is 5. The number of hydrogen-bond acceptors (Lipinski definition) is 5. The maximum absolute atomic E-state index is 12.6. The van der Waals surface area contributed by atoms with Gasteiger partial charge in [0.1, 0.15) is 11.4 Å². The number of benzene rings is 1. The monoisotopic (exact) mass is 379 g/mol. The van der Waals surface area contributed by atoms with Crippen molar-refractivity contribution < 1.29 is 13.9 Å². The van der Waals surface area contributed by atoms with Crippen LogP contribution in [0.15, 0.2) is 41.1 Å². The number of nitrogens with one attached hydrogen (secondary N) is 1. The lowest BCUT2D eigenvalue weighted by atomic mass is 10.0. The summed E-state index contributed by atoms with van der Waals surface area (Å²) in [6.45, 7) is 7.59. The van der Waals surface area contributed by atoms with Crippen LogP contribution in [0.5, 0.6) is 0 Å². The van der Waals surface area contributed by atoms with E-state index in [4.69, 9.17) is 9.15 Å². The molecule has 4 rings (SSSR count). The molecule has 146 valence electrons. The van der Waals surface area contributed by atoms with Crippen LogP contribution in [-0.4, -0.2) is 37.2 Å². The van der Waals surface area contributed by atoms with E-state index in [0.717, 1.165) is 52.1 Å². The number of morpholine rings is 1. The Balaban J connectivity index is 1.44. The van der Waals surface area contributed by atoms with Gasteiger partial charge in [-0.2, -0.15) is 0 Å². The SMILES string of the molecule is Cc1cc(C)c2c(CC(=O)NCc3cccnc3N3CCOCC3)coc2c1. The Morgan fingerprint density at radius 2 is 2.04 bits per heavy atom. The first-order valence-electron chi connectivity index (χ1n) is 9.62. The summed E-state index contributed by atoms with van der Waals surface area (Å²) in [6.07, 6.45) is 3.78. The Labute approximate surface area is 164 Å². The zero-order valence-corrected chi connectivity index (χ0v) is 16.3. The molecule has 0 bridgehead atoms. The molecule has 1 saturated heterocycles. The number of furan rings is 1. The molecule has 6 nitrogen and oxygen atoms in total. The summed E-state index contributed by atoms with van der Waals surface area (Å²) >= 11 is 0. The lowest BCUT2D eigenvalue weighted by molar-refractivity contribution is -0.120. The third-order valence-corrected chi connectivity index (χ3v) is 5.10. The zero-order chi connectivity index (χ0) is 19.5. The summed E-state index contributed by atoms with van der Waals surface area (Å²) in [7, 11) is 0. The van der Waals surface area contributed by atoms with E-state index in [2.05, 4.69) is 28.2 Å². The average Bonchev–Trinajstić information content (AvgIpc) is 3.10. The van der Waals surface area contributed by atoms with Crippen LogP contribution < -0.4 is 10.2 Å². The molecule has 0 saturated carbocycles. The van der Waals surface area contributed by atoms with Gasteiger partial charge in [0.25, 0.3) is 0 Å². The molecule has 6 heteroatoms. The Hall–Kier alpha value is -2.86. The van der Waals surface area contributed by atoms with Crippen LogP contribution in [0.1, 0.15) is 22.3 Å². The lowest BCUT2D eigenvalue weighted by Crippen LogP contribution is -2.38. The summed E-state index contributed by atoms with van der Waals surface area (Å²) in [5, 5.41) is 4.07. The van der Waals surface area contributed by atoms with Crippen molar-refractivity contribution in [2.24, 2.45) is 0 Å². The second-order valence-electron chi connectivity index (χ2n) is 7.25. The van der Waals surface area contributed by atoms with E-state index in [9.17, 15) is 4.79 Å². The molecule has 0 radical (unpaired) electrons. The number of hydrogen-bond donors (Lipinski definition) is 1. The number of nitrogens with zero attached hydrogens (tertiary/aromatic N) is 2. The Morgan fingerprint density at radius 3 is 2.86 bits per heavy atom. The van der Waals surface area contributed by atoms with Gasteiger partial charge in [0, 0.05) is 42.3 Å². The number of fused-ring (bicyclic) bond motifs is 1. The number of aromatic nitrogens is 1. The molecule has 3 aromatic rings. The Bertz CT molecular complexity index is 990. The highest BCUT2D eigenvalue weighted by atomic mass is 16.5. The van der Waals surface area contributed by atoms with Crippen molar-refractivity contribution in [1.29, 1.82) is 0 Å². The average molecular weight is 379 g/mol. The predicted molar refractivity (Wildman–Crippen MR) is 109 cm³/mol. The first-order chi connectivity index (χ1) is 13.6. The maximum atomic E-state index is 12.6. The van der Waals surface area contributed by atoms with Crippen molar-refractivity contribution in [2.45, 2.75) is 26.8 Å². The number of ether oxygens (including phenoxy) is 1. The van der Waals surface area contributed by atoms with Gasteiger partial charge >= 0.3 is 0 Å². The number of aryl methyl sites for hydroxylation is 2. The lowest BCUT2D eigenvalue weighted by Gasteiger charge is -2.29. The molecular weight excluding hydrogens is 354 g/mol. The highest BCUT2D eigenvalue weighted by Gasteiger charge is 2.17. The van der Waals surface area contributed by atoms with Crippen LogP contribution in [0.25, 0.3) is 11.0 Å². The van der Waals surface area contributed by atoms with Gasteiger partial charge in [-0.25, -0.2) is 4.98 Å². The fourth-order valence-corrected chi connectivity index (χ4v) is 3.81. The molecule has 1 aromatic carbocycles. The molecule has 2 aromatic heterocycles. The molecule has 1 aliphatic heterocycles. The van der Waals surface area contributed by atoms with E-state index < -0.39 is 0 Å². The normalized spacial score (nSPS) is 14.4. The summed E-state index contributed by atoms with van der Waals surface area (Å²) in [5.74, 6) is 0.894. The molecule has 0 spiro atoms. The summed E-state index contributed by atoms with van der Waals surface area (Å²) in [5.41, 5.74) is 5.06. The van der Waals surface area contributed by atoms with Crippen LogP contribution in [0.3, 0.4) is 0 Å². The summed E-state index contributed by atoms with van der Waals surface area (Å²) < 4.78 is 11.1. The molecule has 0 unspecified atom stereocenters. The molecule has 1 aliphatic rings. The van der Waals surface area contributed by atoms with E-state index in [-0.39, 0.29) is 5.91 Å². The second-order valence-corrected chi connectivity index (χ2v) is 7.25. The third kappa shape index (κ3) is 3.87. The van der Waals surface area contributed by atoms with Crippen molar-refractivity contribution in [2.75, 3.05) is 31.2 Å². The minimum absolute atomic E-state index is 0.0283. The van der Waals surface area contributed by atoms with E-state index in [0.29, 0.717) is 26.2 Å². The Morgan fingerprint density at radius 1 is 1.21 bits per heavy atom. The third-order valence-electron chi connectivity index (χ3n) is 5.10. The number of pyridine rings is 1.